The van der Waals surface area contributed by atoms with Gasteiger partial charge in [-0.1, -0.05) is 6.07 Å². The number of hydrogen-bond acceptors (Lipinski definition) is 3. The van der Waals surface area contributed by atoms with Crippen LogP contribution < -0.4 is 34.2 Å². The highest BCUT2D eigenvalue weighted by molar-refractivity contribution is 6.10. The molecule has 6 N–H and O–H groups in total. The Morgan fingerprint density at radius 3 is 1.88 bits per heavy atom. The van der Waals surface area contributed by atoms with E-state index >= 15 is 0 Å². The summed E-state index contributed by atoms with van der Waals surface area (Å²) in [7, 11) is 2.05. The summed E-state index contributed by atoms with van der Waals surface area (Å²) in [6, 6.07) is 19.9. The molecule has 1 aromatic heterocycles. The van der Waals surface area contributed by atoms with Crippen LogP contribution >= 0.6 is 0 Å². The second-order valence-electron chi connectivity index (χ2n) is 6.11. The standard InChI is InChI=1S/C20H18N4.ClH/c1-24-19-11-15(23)7-9-17(19)16-8-6-14(22)10-18(16)20(24)12-2-4-13(21)5-3-12;/h2-11H,22H2,1H3,(H3,21,23);1H. The van der Waals surface area contributed by atoms with Crippen LogP contribution in [0.1, 0.15) is 0 Å². The lowest BCUT2D eigenvalue weighted by Gasteiger charge is -2.11. The molecule has 4 aromatic rings. The number of nitrogen functional groups attached to an aromatic ring is 3. The zero-order valence-corrected chi connectivity index (χ0v) is 14.6. The predicted molar refractivity (Wildman–Crippen MR) is 101 cm³/mol. The highest BCUT2D eigenvalue weighted by Gasteiger charge is 2.20. The van der Waals surface area contributed by atoms with Gasteiger partial charge in [-0.2, -0.15) is 4.57 Å². The lowest BCUT2D eigenvalue weighted by atomic mass is 9.98. The maximum absolute atomic E-state index is 6.06. The molecule has 25 heavy (non-hydrogen) atoms. The molecule has 0 saturated heterocycles. The molecular formula is C20H19ClN4. The number of halogens is 1. The molecule has 0 fully saturated rings. The third-order valence-corrected chi connectivity index (χ3v) is 4.49. The van der Waals surface area contributed by atoms with E-state index in [1.165, 1.54) is 0 Å². The Morgan fingerprint density at radius 1 is 0.640 bits per heavy atom. The minimum atomic E-state index is 0. The van der Waals surface area contributed by atoms with Crippen molar-refractivity contribution in [2.45, 2.75) is 0 Å². The fourth-order valence-corrected chi connectivity index (χ4v) is 3.34. The van der Waals surface area contributed by atoms with Crippen LogP contribution in [-0.4, -0.2) is 0 Å². The van der Waals surface area contributed by atoms with E-state index in [4.69, 9.17) is 17.2 Å². The summed E-state index contributed by atoms with van der Waals surface area (Å²) < 4.78 is 2.17. The van der Waals surface area contributed by atoms with E-state index in [0.717, 1.165) is 50.0 Å². The third-order valence-electron chi connectivity index (χ3n) is 4.49. The Hall–Kier alpha value is -2.98. The number of aryl methyl sites for hydroxylation is 1. The number of benzene rings is 3. The fourth-order valence-electron chi connectivity index (χ4n) is 3.34. The van der Waals surface area contributed by atoms with E-state index in [0.29, 0.717) is 0 Å². The summed E-state index contributed by atoms with van der Waals surface area (Å²) in [5.74, 6) is 0. The minimum Gasteiger partial charge on any atom is -1.00 e. The highest BCUT2D eigenvalue weighted by atomic mass is 35.5. The first-order valence-corrected chi connectivity index (χ1v) is 7.81. The number of hydrogen-bond donors (Lipinski definition) is 3. The van der Waals surface area contributed by atoms with Crippen LogP contribution in [0.4, 0.5) is 17.1 Å². The number of pyridine rings is 1. The number of fused-ring (bicyclic) bond motifs is 3. The van der Waals surface area contributed by atoms with Crippen LogP contribution in [0, 0.1) is 0 Å². The molecule has 0 aliphatic carbocycles. The zero-order chi connectivity index (χ0) is 16.8. The van der Waals surface area contributed by atoms with Gasteiger partial charge in [0, 0.05) is 34.1 Å². The second kappa shape index (κ2) is 6.15. The Morgan fingerprint density at radius 2 is 1.20 bits per heavy atom. The lowest BCUT2D eigenvalue weighted by molar-refractivity contribution is -0.632. The van der Waals surface area contributed by atoms with E-state index in [-0.39, 0.29) is 12.4 Å². The van der Waals surface area contributed by atoms with Crippen LogP contribution in [0.3, 0.4) is 0 Å². The monoisotopic (exact) mass is 350 g/mol. The van der Waals surface area contributed by atoms with E-state index in [9.17, 15) is 0 Å². The summed E-state index contributed by atoms with van der Waals surface area (Å²) in [5.41, 5.74) is 23.4. The first-order chi connectivity index (χ1) is 11.5. The van der Waals surface area contributed by atoms with Crippen molar-refractivity contribution in [3.63, 3.8) is 0 Å². The van der Waals surface area contributed by atoms with Crippen LogP contribution in [0.2, 0.25) is 0 Å². The molecule has 0 unspecified atom stereocenters. The Balaban J connectivity index is 0.00000182. The van der Waals surface area contributed by atoms with Crippen LogP contribution in [0.15, 0.2) is 60.7 Å². The topological polar surface area (TPSA) is 81.9 Å². The summed E-state index contributed by atoms with van der Waals surface area (Å²) in [4.78, 5) is 0. The third kappa shape index (κ3) is 2.71. The van der Waals surface area contributed by atoms with Crippen LogP contribution in [-0.2, 0) is 7.05 Å². The summed E-state index contributed by atoms with van der Waals surface area (Å²) in [5, 5.41) is 3.42. The average Bonchev–Trinajstić information content (AvgIpc) is 2.57. The summed E-state index contributed by atoms with van der Waals surface area (Å²) in [6.45, 7) is 0. The molecule has 0 atom stereocenters. The minimum absolute atomic E-state index is 0. The number of anilines is 3. The van der Waals surface area contributed by atoms with E-state index in [1.54, 1.807) is 0 Å². The average molecular weight is 351 g/mol. The molecule has 126 valence electrons. The fraction of sp³-hybridized carbons (Fsp3) is 0.0500. The van der Waals surface area contributed by atoms with Crippen molar-refractivity contribution in [2.24, 2.45) is 7.05 Å². The molecule has 1 heterocycles. The number of nitrogens with two attached hydrogens (primary N) is 3. The molecule has 0 amide bonds. The van der Waals surface area contributed by atoms with Gasteiger partial charge in [0.2, 0.25) is 11.2 Å². The first kappa shape index (κ1) is 16.9. The molecule has 5 heteroatoms. The zero-order valence-electron chi connectivity index (χ0n) is 13.8. The van der Waals surface area contributed by atoms with Crippen LogP contribution in [0.25, 0.3) is 32.9 Å². The molecule has 0 saturated carbocycles. The van der Waals surface area contributed by atoms with Crippen molar-refractivity contribution in [3.05, 3.63) is 60.7 Å². The molecule has 0 aliphatic rings. The van der Waals surface area contributed by atoms with Gasteiger partial charge in [0.05, 0.1) is 10.8 Å². The van der Waals surface area contributed by atoms with E-state index in [1.807, 2.05) is 48.5 Å². The van der Waals surface area contributed by atoms with Crippen molar-refractivity contribution >= 4 is 38.7 Å². The largest absolute Gasteiger partial charge is 1.00 e. The molecule has 0 bridgehead atoms. The first-order valence-electron chi connectivity index (χ1n) is 7.81. The van der Waals surface area contributed by atoms with Gasteiger partial charge in [-0.25, -0.2) is 0 Å². The molecule has 0 aliphatic heterocycles. The molecule has 4 rings (SSSR count). The van der Waals surface area contributed by atoms with Gasteiger partial charge in [0.25, 0.3) is 0 Å². The lowest BCUT2D eigenvalue weighted by Crippen LogP contribution is -3.00. The quantitative estimate of drug-likeness (QED) is 0.261. The van der Waals surface area contributed by atoms with Crippen LogP contribution in [0.5, 0.6) is 0 Å². The number of aromatic nitrogens is 1. The molecule has 3 aromatic carbocycles. The molecule has 0 radical (unpaired) electrons. The maximum Gasteiger partial charge on any atom is 0.220 e. The maximum atomic E-state index is 6.06. The molecule has 4 nitrogen and oxygen atoms in total. The van der Waals surface area contributed by atoms with Crippen molar-refractivity contribution in [1.82, 2.24) is 0 Å². The van der Waals surface area contributed by atoms with Gasteiger partial charge < -0.3 is 29.6 Å². The Kier molecular flexibility index (Phi) is 4.15. The summed E-state index contributed by atoms with van der Waals surface area (Å²) >= 11 is 0. The summed E-state index contributed by atoms with van der Waals surface area (Å²) in [6.07, 6.45) is 0. The van der Waals surface area contributed by atoms with Crippen molar-refractivity contribution in [2.75, 3.05) is 17.2 Å². The van der Waals surface area contributed by atoms with Gasteiger partial charge in [-0.15, -0.1) is 0 Å². The Bertz CT molecular complexity index is 1090. The van der Waals surface area contributed by atoms with E-state index in [2.05, 4.69) is 23.7 Å². The van der Waals surface area contributed by atoms with Gasteiger partial charge in [0.15, 0.2) is 0 Å². The number of nitrogens with zero attached hydrogens (tertiary/aromatic N) is 1. The molecular weight excluding hydrogens is 332 g/mol. The highest BCUT2D eigenvalue weighted by Crippen LogP contribution is 2.33. The van der Waals surface area contributed by atoms with E-state index < -0.39 is 0 Å². The molecule has 0 spiro atoms. The van der Waals surface area contributed by atoms with Crippen molar-refractivity contribution in [3.8, 4) is 11.3 Å². The second-order valence-corrected chi connectivity index (χ2v) is 6.11. The predicted octanol–water partition coefficient (Wildman–Crippen LogP) is 0.235. The normalized spacial score (nSPS) is 10.8. The van der Waals surface area contributed by atoms with Gasteiger partial charge in [0.1, 0.15) is 7.05 Å². The van der Waals surface area contributed by atoms with Gasteiger partial charge >= 0.3 is 0 Å². The smallest absolute Gasteiger partial charge is 0.220 e. The van der Waals surface area contributed by atoms with Crippen molar-refractivity contribution in [1.29, 1.82) is 0 Å². The SMILES string of the molecule is C[n+]1c(-c2ccc(N)cc2)c2cc(N)ccc2c2ccc(N)cc21.[Cl-]. The Labute approximate surface area is 152 Å². The van der Waals surface area contributed by atoms with Gasteiger partial charge in [-0.05, 0) is 48.5 Å². The van der Waals surface area contributed by atoms with Crippen molar-refractivity contribution < 1.29 is 17.0 Å². The van der Waals surface area contributed by atoms with Gasteiger partial charge in [-0.3, -0.25) is 0 Å². The number of rotatable bonds is 1.